The van der Waals surface area contributed by atoms with Gasteiger partial charge in [0.05, 0.1) is 0 Å². The summed E-state index contributed by atoms with van der Waals surface area (Å²) in [5.41, 5.74) is 4.55. The summed E-state index contributed by atoms with van der Waals surface area (Å²) in [5.74, 6) is 1.38. The lowest BCUT2D eigenvalue weighted by Gasteiger charge is -2.62. The van der Waals surface area contributed by atoms with Crippen molar-refractivity contribution in [1.29, 1.82) is 0 Å². The molecule has 35 heavy (non-hydrogen) atoms. The van der Waals surface area contributed by atoms with Gasteiger partial charge in [0.1, 0.15) is 6.04 Å². The van der Waals surface area contributed by atoms with Gasteiger partial charge in [0.25, 0.3) is 0 Å². The van der Waals surface area contributed by atoms with Crippen molar-refractivity contribution in [2.24, 2.45) is 40.7 Å². The SMILES string of the molecule is CCCCC(N)(NC(=O)NC(CC1CCCCC1)C(=O)NC[C@@H]1CC2C[C@@H]([C@@H]1C)C2(C)C)C(=O)O. The molecule has 0 aromatic rings. The number of carbonyl (C=O) groups is 3. The van der Waals surface area contributed by atoms with Crippen molar-refractivity contribution < 1.29 is 19.5 Å². The van der Waals surface area contributed by atoms with E-state index < -0.39 is 23.7 Å². The van der Waals surface area contributed by atoms with Crippen molar-refractivity contribution in [3.8, 4) is 0 Å². The van der Waals surface area contributed by atoms with Gasteiger partial charge in [-0.05, 0) is 67.1 Å². The summed E-state index contributed by atoms with van der Waals surface area (Å²) in [4.78, 5) is 37.8. The summed E-state index contributed by atoms with van der Waals surface area (Å²) in [6, 6.07) is -1.40. The molecule has 0 aromatic heterocycles. The van der Waals surface area contributed by atoms with Gasteiger partial charge in [0, 0.05) is 6.54 Å². The number of carboxylic acid groups (broad SMARTS) is 1. The fraction of sp³-hybridized carbons (Fsp3) is 0.889. The number of carboxylic acids is 1. The van der Waals surface area contributed by atoms with E-state index in [4.69, 9.17) is 5.73 Å². The molecule has 8 heteroatoms. The van der Waals surface area contributed by atoms with E-state index in [0.29, 0.717) is 48.5 Å². The number of amides is 3. The number of fused-ring (bicyclic) bond motifs is 2. The highest BCUT2D eigenvalue weighted by molar-refractivity contribution is 5.90. The first kappa shape index (κ1) is 27.8. The molecular weight excluding hydrogens is 444 g/mol. The van der Waals surface area contributed by atoms with Crippen molar-refractivity contribution in [2.45, 2.75) is 110 Å². The number of urea groups is 1. The molecule has 2 bridgehead atoms. The van der Waals surface area contributed by atoms with Crippen LogP contribution in [0.15, 0.2) is 0 Å². The molecule has 3 unspecified atom stereocenters. The van der Waals surface area contributed by atoms with Gasteiger partial charge in [-0.1, -0.05) is 66.2 Å². The third kappa shape index (κ3) is 6.49. The summed E-state index contributed by atoms with van der Waals surface area (Å²) in [5, 5.41) is 17.9. The highest BCUT2D eigenvalue weighted by Crippen LogP contribution is 2.62. The van der Waals surface area contributed by atoms with Crippen molar-refractivity contribution >= 4 is 17.9 Å². The molecule has 200 valence electrons. The Morgan fingerprint density at radius 3 is 2.40 bits per heavy atom. The summed E-state index contributed by atoms with van der Waals surface area (Å²) in [7, 11) is 0. The topological polar surface area (TPSA) is 134 Å². The smallest absolute Gasteiger partial charge is 0.344 e. The molecule has 4 aliphatic carbocycles. The van der Waals surface area contributed by atoms with Gasteiger partial charge in [-0.3, -0.25) is 10.5 Å². The zero-order valence-corrected chi connectivity index (χ0v) is 22.2. The zero-order valence-electron chi connectivity index (χ0n) is 22.2. The molecule has 3 amide bonds. The fourth-order valence-corrected chi connectivity index (χ4v) is 6.94. The highest BCUT2D eigenvalue weighted by atomic mass is 16.4. The molecule has 0 aromatic carbocycles. The van der Waals surface area contributed by atoms with Gasteiger partial charge in [0.2, 0.25) is 5.91 Å². The van der Waals surface area contributed by atoms with Gasteiger partial charge < -0.3 is 21.1 Å². The minimum Gasteiger partial charge on any atom is -0.478 e. The summed E-state index contributed by atoms with van der Waals surface area (Å²) < 4.78 is 0. The first-order valence-corrected chi connectivity index (χ1v) is 13.9. The van der Waals surface area contributed by atoms with E-state index in [1.54, 1.807) is 0 Å². The van der Waals surface area contributed by atoms with E-state index in [1.807, 2.05) is 6.92 Å². The Bertz CT molecular complexity index is 766. The van der Waals surface area contributed by atoms with Gasteiger partial charge in [-0.15, -0.1) is 0 Å². The lowest BCUT2D eigenvalue weighted by Crippen LogP contribution is -2.65. The van der Waals surface area contributed by atoms with E-state index in [0.717, 1.165) is 44.4 Å². The number of nitrogens with one attached hydrogen (secondary N) is 3. The molecule has 0 spiro atoms. The number of aliphatic carboxylic acids is 1. The first-order chi connectivity index (χ1) is 16.5. The van der Waals surface area contributed by atoms with Crippen LogP contribution in [0, 0.1) is 35.0 Å². The van der Waals surface area contributed by atoms with Crippen LogP contribution >= 0.6 is 0 Å². The summed E-state index contributed by atoms with van der Waals surface area (Å²) in [6.45, 7) is 9.61. The van der Waals surface area contributed by atoms with Crippen LogP contribution in [0.3, 0.4) is 0 Å². The van der Waals surface area contributed by atoms with Crippen LogP contribution < -0.4 is 21.7 Å². The Kier molecular flexibility index (Phi) is 9.11. The van der Waals surface area contributed by atoms with Gasteiger partial charge in [-0.2, -0.15) is 0 Å². The van der Waals surface area contributed by atoms with Crippen LogP contribution in [0.1, 0.15) is 98.3 Å². The Morgan fingerprint density at radius 1 is 1.14 bits per heavy atom. The predicted molar refractivity (Wildman–Crippen MR) is 136 cm³/mol. The summed E-state index contributed by atoms with van der Waals surface area (Å²) >= 11 is 0. The number of hydrogen-bond donors (Lipinski definition) is 5. The van der Waals surface area contributed by atoms with Crippen LogP contribution in [0.4, 0.5) is 4.79 Å². The number of rotatable bonds is 11. The molecule has 4 rings (SSSR count). The van der Waals surface area contributed by atoms with Crippen molar-refractivity contribution in [3.05, 3.63) is 0 Å². The monoisotopic (exact) mass is 492 g/mol. The maximum absolute atomic E-state index is 13.3. The molecule has 0 radical (unpaired) electrons. The Morgan fingerprint density at radius 2 is 1.83 bits per heavy atom. The normalized spacial score (nSPS) is 30.3. The van der Waals surface area contributed by atoms with E-state index in [2.05, 4.69) is 36.7 Å². The second kappa shape index (κ2) is 11.5. The maximum Gasteiger partial charge on any atom is 0.344 e. The molecule has 6 N–H and O–H groups in total. The van der Waals surface area contributed by atoms with Crippen LogP contribution in [0.2, 0.25) is 0 Å². The molecule has 4 aliphatic rings. The minimum absolute atomic E-state index is 0.129. The lowest BCUT2D eigenvalue weighted by molar-refractivity contribution is -0.144. The quantitative estimate of drug-likeness (QED) is 0.278. The zero-order chi connectivity index (χ0) is 25.8. The fourth-order valence-electron chi connectivity index (χ4n) is 6.94. The van der Waals surface area contributed by atoms with Gasteiger partial charge >= 0.3 is 12.0 Å². The molecule has 0 aliphatic heterocycles. The minimum atomic E-state index is -1.85. The molecule has 6 atom stereocenters. The molecular formula is C27H48N4O4. The second-order valence-corrected chi connectivity index (χ2v) is 12.2. The Hall–Kier alpha value is -1.83. The van der Waals surface area contributed by atoms with Crippen LogP contribution in [0.25, 0.3) is 0 Å². The molecule has 0 heterocycles. The van der Waals surface area contributed by atoms with Crippen molar-refractivity contribution in [2.75, 3.05) is 6.54 Å². The maximum atomic E-state index is 13.3. The summed E-state index contributed by atoms with van der Waals surface area (Å²) in [6.07, 6.45) is 10.1. The van der Waals surface area contributed by atoms with Crippen LogP contribution in [0.5, 0.6) is 0 Å². The Balaban J connectivity index is 1.61. The number of nitrogens with two attached hydrogens (primary N) is 1. The molecule has 8 nitrogen and oxygen atoms in total. The van der Waals surface area contributed by atoms with Gasteiger partial charge in [0.15, 0.2) is 5.66 Å². The first-order valence-electron chi connectivity index (χ1n) is 13.9. The van der Waals surface area contributed by atoms with Crippen molar-refractivity contribution in [3.63, 3.8) is 0 Å². The predicted octanol–water partition coefficient (Wildman–Crippen LogP) is 3.99. The Labute approximate surface area is 210 Å². The van der Waals surface area contributed by atoms with Crippen molar-refractivity contribution in [1.82, 2.24) is 16.0 Å². The third-order valence-electron chi connectivity index (χ3n) is 9.61. The molecule has 4 fully saturated rings. The number of unbranched alkanes of at least 4 members (excludes halogenated alkanes) is 1. The van der Waals surface area contributed by atoms with E-state index >= 15 is 0 Å². The van der Waals surface area contributed by atoms with Crippen LogP contribution in [-0.4, -0.2) is 41.3 Å². The van der Waals surface area contributed by atoms with Crippen LogP contribution in [-0.2, 0) is 9.59 Å². The van der Waals surface area contributed by atoms with E-state index in [9.17, 15) is 19.5 Å². The number of hydrogen-bond acceptors (Lipinski definition) is 4. The number of carbonyl (C=O) groups excluding carboxylic acids is 2. The largest absolute Gasteiger partial charge is 0.478 e. The highest BCUT2D eigenvalue weighted by Gasteiger charge is 2.56. The lowest BCUT2D eigenvalue weighted by atomic mass is 9.43. The van der Waals surface area contributed by atoms with Gasteiger partial charge in [-0.25, -0.2) is 9.59 Å². The average molecular weight is 493 g/mol. The third-order valence-corrected chi connectivity index (χ3v) is 9.61. The second-order valence-electron chi connectivity index (χ2n) is 12.2. The molecule has 4 saturated carbocycles. The average Bonchev–Trinajstić information content (AvgIpc) is 2.81. The standard InChI is InChI=1S/C27H48N4O4/c1-5-6-12-27(28,24(33)34)31-25(35)30-22(13-18-10-8-7-9-11-18)23(32)29-16-19-14-20-15-21(17(19)2)26(20,3)4/h17-22H,5-16,28H2,1-4H3,(H,29,32)(H,33,34)(H2,30,31,35)/t17-,19+,20?,21+,22?,27?/m1/s1. The van der Waals surface area contributed by atoms with E-state index in [-0.39, 0.29) is 12.3 Å². The molecule has 0 saturated heterocycles. The van der Waals surface area contributed by atoms with E-state index in [1.165, 1.54) is 12.8 Å².